The van der Waals surface area contributed by atoms with Gasteiger partial charge in [0.2, 0.25) is 11.9 Å². The predicted molar refractivity (Wildman–Crippen MR) is 169 cm³/mol. The van der Waals surface area contributed by atoms with Crippen LogP contribution >= 0.6 is 0 Å². The summed E-state index contributed by atoms with van der Waals surface area (Å²) in [6.45, 7) is 14.1. The predicted octanol–water partition coefficient (Wildman–Crippen LogP) is 2.78. The molecule has 1 aromatic heterocycles. The maximum atomic E-state index is 12.2. The van der Waals surface area contributed by atoms with Gasteiger partial charge in [-0.3, -0.25) is 9.69 Å². The first-order valence-electron chi connectivity index (χ1n) is 14.6. The third-order valence-electron chi connectivity index (χ3n) is 7.83. The van der Waals surface area contributed by atoms with E-state index >= 15 is 0 Å². The van der Waals surface area contributed by atoms with Crippen molar-refractivity contribution >= 4 is 34.8 Å². The van der Waals surface area contributed by atoms with E-state index in [0.717, 1.165) is 72.9 Å². The molecule has 1 amide bonds. The Morgan fingerprint density at radius 2 is 1.81 bits per heavy atom. The lowest BCUT2D eigenvalue weighted by molar-refractivity contribution is -0.126. The zero-order valence-electron chi connectivity index (χ0n) is 24.8. The number of anilines is 2. The molecule has 2 saturated heterocycles. The summed E-state index contributed by atoms with van der Waals surface area (Å²) in [7, 11) is 3.93. The van der Waals surface area contributed by atoms with Gasteiger partial charge in [-0.05, 0) is 43.8 Å². The van der Waals surface area contributed by atoms with E-state index in [-0.39, 0.29) is 5.91 Å². The Bertz CT molecular complexity index is 1430. The number of fused-ring (bicyclic) bond motifs is 1. The molecule has 0 aliphatic carbocycles. The van der Waals surface area contributed by atoms with Crippen molar-refractivity contribution in [2.24, 2.45) is 5.10 Å². The van der Waals surface area contributed by atoms with Crippen molar-refractivity contribution in [1.29, 1.82) is 0 Å². The van der Waals surface area contributed by atoms with Crippen LogP contribution in [0.3, 0.4) is 0 Å². The van der Waals surface area contributed by atoms with E-state index in [4.69, 9.17) is 14.7 Å². The Kier molecular flexibility index (Phi) is 9.50. The van der Waals surface area contributed by atoms with Crippen LogP contribution in [0.15, 0.2) is 54.2 Å². The van der Waals surface area contributed by atoms with Crippen LogP contribution in [0.4, 0.5) is 11.8 Å². The van der Waals surface area contributed by atoms with E-state index < -0.39 is 0 Å². The minimum Gasteiger partial charge on any atom is -0.454 e. The highest BCUT2D eigenvalue weighted by atomic mass is 16.5. The molecule has 2 aliphatic rings. The van der Waals surface area contributed by atoms with Crippen LogP contribution < -0.4 is 20.4 Å². The van der Waals surface area contributed by atoms with Crippen LogP contribution in [-0.2, 0) is 4.79 Å². The maximum Gasteiger partial charge on any atom is 0.246 e. The SMILES string of the molecule is C=CC(=O)N1CCN(c2nc(NCCN3CCN(C)CC3)nc3c(Oc4c(C)cccc4/C=N\NC)cccc23)CC1. The van der Waals surface area contributed by atoms with Gasteiger partial charge in [0.15, 0.2) is 5.75 Å². The first-order chi connectivity index (χ1) is 20.5. The second-order valence-corrected chi connectivity index (χ2v) is 10.7. The third kappa shape index (κ3) is 6.80. The molecule has 0 spiro atoms. The van der Waals surface area contributed by atoms with Crippen molar-refractivity contribution in [1.82, 2.24) is 30.1 Å². The number of ether oxygens (including phenoxy) is 1. The minimum absolute atomic E-state index is 0.0417. The van der Waals surface area contributed by atoms with Crippen LogP contribution in [0.25, 0.3) is 10.9 Å². The van der Waals surface area contributed by atoms with E-state index in [2.05, 4.69) is 44.2 Å². The summed E-state index contributed by atoms with van der Waals surface area (Å²) >= 11 is 0. The van der Waals surface area contributed by atoms with Crippen molar-refractivity contribution in [2.45, 2.75) is 6.92 Å². The van der Waals surface area contributed by atoms with Gasteiger partial charge in [-0.1, -0.05) is 24.8 Å². The van der Waals surface area contributed by atoms with Crippen molar-refractivity contribution in [3.8, 4) is 11.5 Å². The highest BCUT2D eigenvalue weighted by Crippen LogP contribution is 2.36. The molecule has 2 N–H and O–H groups in total. The smallest absolute Gasteiger partial charge is 0.246 e. The molecule has 42 heavy (non-hydrogen) atoms. The number of carbonyl (C=O) groups excluding carboxylic acids is 1. The number of nitrogens with one attached hydrogen (secondary N) is 2. The zero-order valence-corrected chi connectivity index (χ0v) is 24.8. The summed E-state index contributed by atoms with van der Waals surface area (Å²) in [5, 5.41) is 8.59. The molecule has 11 nitrogen and oxygen atoms in total. The third-order valence-corrected chi connectivity index (χ3v) is 7.83. The fraction of sp³-hybridized carbons (Fsp3) is 0.419. The molecule has 2 aromatic carbocycles. The fourth-order valence-electron chi connectivity index (χ4n) is 5.34. The van der Waals surface area contributed by atoms with Gasteiger partial charge in [0, 0.05) is 83.4 Å². The van der Waals surface area contributed by atoms with Gasteiger partial charge in [0.05, 0.1) is 6.21 Å². The number of piperazine rings is 2. The summed E-state index contributed by atoms with van der Waals surface area (Å²) in [6.07, 6.45) is 3.13. The number of nitrogens with zero attached hydrogens (tertiary/aromatic N) is 7. The van der Waals surface area contributed by atoms with Crippen LogP contribution in [0.5, 0.6) is 11.5 Å². The topological polar surface area (TPSA) is 101 Å². The number of aromatic nitrogens is 2. The Morgan fingerprint density at radius 3 is 2.55 bits per heavy atom. The van der Waals surface area contributed by atoms with Crippen molar-refractivity contribution < 1.29 is 9.53 Å². The number of benzene rings is 2. The molecular weight excluding hydrogens is 530 g/mol. The van der Waals surface area contributed by atoms with Crippen LogP contribution in [0.2, 0.25) is 0 Å². The first-order valence-corrected chi connectivity index (χ1v) is 14.6. The van der Waals surface area contributed by atoms with Crippen molar-refractivity contribution in [3.05, 3.63) is 60.2 Å². The number of likely N-dealkylation sites (N-methyl/N-ethyl adjacent to an activating group) is 1. The monoisotopic (exact) mass is 571 g/mol. The van der Waals surface area contributed by atoms with E-state index in [1.807, 2.05) is 48.2 Å². The zero-order chi connectivity index (χ0) is 29.5. The lowest BCUT2D eigenvalue weighted by Crippen LogP contribution is -2.48. The van der Waals surface area contributed by atoms with Crippen molar-refractivity contribution in [3.63, 3.8) is 0 Å². The molecule has 2 fully saturated rings. The number of aryl methyl sites for hydroxylation is 1. The molecule has 222 valence electrons. The number of hydrazone groups is 1. The molecule has 0 radical (unpaired) electrons. The lowest BCUT2D eigenvalue weighted by Gasteiger charge is -2.35. The largest absolute Gasteiger partial charge is 0.454 e. The fourth-order valence-corrected chi connectivity index (χ4v) is 5.34. The van der Waals surface area contributed by atoms with Crippen molar-refractivity contribution in [2.75, 3.05) is 89.8 Å². The van der Waals surface area contributed by atoms with E-state index in [1.54, 1.807) is 13.3 Å². The summed E-state index contributed by atoms with van der Waals surface area (Å²) < 4.78 is 6.59. The lowest BCUT2D eigenvalue weighted by atomic mass is 10.1. The molecular formula is C31H41N9O2. The van der Waals surface area contributed by atoms with E-state index in [9.17, 15) is 4.79 Å². The van der Waals surface area contributed by atoms with Gasteiger partial charge in [-0.2, -0.15) is 10.1 Å². The van der Waals surface area contributed by atoms with Gasteiger partial charge >= 0.3 is 0 Å². The van der Waals surface area contributed by atoms with E-state index in [0.29, 0.717) is 37.9 Å². The van der Waals surface area contributed by atoms with Gasteiger partial charge in [-0.15, -0.1) is 0 Å². The number of carbonyl (C=O) groups is 1. The standard InChI is InChI=1S/C31H41N9O2/c1-5-27(41)39-18-20-40(21-19-39)30-25-10-7-11-26(42-29-23(2)8-6-9-24(29)22-34-32-3)28(25)35-31(36-30)33-12-13-38-16-14-37(4)15-17-38/h5-11,22,32H,1,12-21H2,2-4H3,(H,33,35,36)/b34-22-. The highest BCUT2D eigenvalue weighted by Gasteiger charge is 2.24. The molecule has 3 aromatic rings. The highest BCUT2D eigenvalue weighted by molar-refractivity contribution is 5.95. The van der Waals surface area contributed by atoms with Crippen LogP contribution in [0, 0.1) is 6.92 Å². The number of hydrogen-bond donors (Lipinski definition) is 2. The number of para-hydroxylation sites is 2. The Labute approximate surface area is 247 Å². The van der Waals surface area contributed by atoms with Crippen LogP contribution in [0.1, 0.15) is 11.1 Å². The summed E-state index contributed by atoms with van der Waals surface area (Å²) in [4.78, 5) is 31.0. The normalized spacial score (nSPS) is 16.6. The molecule has 5 rings (SSSR count). The van der Waals surface area contributed by atoms with Gasteiger partial charge in [-0.25, -0.2) is 4.98 Å². The summed E-state index contributed by atoms with van der Waals surface area (Å²) in [5.41, 5.74) is 5.40. The van der Waals surface area contributed by atoms with Gasteiger partial charge in [0.1, 0.15) is 17.1 Å². The summed E-state index contributed by atoms with van der Waals surface area (Å²) in [5.74, 6) is 2.73. The average Bonchev–Trinajstić information content (AvgIpc) is 3.02. The average molecular weight is 572 g/mol. The Morgan fingerprint density at radius 1 is 1.05 bits per heavy atom. The van der Waals surface area contributed by atoms with Gasteiger partial charge < -0.3 is 30.2 Å². The molecule has 2 aliphatic heterocycles. The van der Waals surface area contributed by atoms with E-state index in [1.165, 1.54) is 6.08 Å². The maximum absolute atomic E-state index is 12.2. The molecule has 11 heteroatoms. The number of rotatable bonds is 10. The van der Waals surface area contributed by atoms with Crippen LogP contribution in [-0.4, -0.2) is 116 Å². The number of hydrogen-bond acceptors (Lipinski definition) is 10. The van der Waals surface area contributed by atoms with Gasteiger partial charge in [0.25, 0.3) is 0 Å². The molecule has 0 saturated carbocycles. The summed E-state index contributed by atoms with van der Waals surface area (Å²) in [6, 6.07) is 11.9. The Hall–Kier alpha value is -4.22. The molecule has 0 unspecified atom stereocenters. The Balaban J connectivity index is 1.47. The minimum atomic E-state index is -0.0417. The molecule has 3 heterocycles. The second kappa shape index (κ2) is 13.6. The quantitative estimate of drug-likeness (QED) is 0.216. The molecule has 0 atom stereocenters. The second-order valence-electron chi connectivity index (χ2n) is 10.7. The first kappa shape index (κ1) is 29.3. The molecule has 0 bridgehead atoms. The number of amides is 1.